The second kappa shape index (κ2) is 14.9. The fourth-order valence-electron chi connectivity index (χ4n) is 5.46. The first-order chi connectivity index (χ1) is 20.6. The Labute approximate surface area is 257 Å². The normalized spacial score (nSPS) is 20.3. The predicted octanol–water partition coefficient (Wildman–Crippen LogP) is 5.17. The number of hydrogen-bond acceptors (Lipinski definition) is 7. The molecule has 2 N–H and O–H groups in total. The third-order valence-electron chi connectivity index (χ3n) is 7.59. The number of ether oxygens (including phenoxy) is 3. The van der Waals surface area contributed by atoms with E-state index in [1.54, 1.807) is 37.3 Å². The van der Waals surface area contributed by atoms with Gasteiger partial charge in [0.1, 0.15) is 12.4 Å². The number of amides is 1. The van der Waals surface area contributed by atoms with E-state index in [0.717, 1.165) is 18.4 Å². The molecular weight excluding hydrogens is 594 g/mol. The maximum absolute atomic E-state index is 13.7. The van der Waals surface area contributed by atoms with Gasteiger partial charge in [0, 0.05) is 40.8 Å². The summed E-state index contributed by atoms with van der Waals surface area (Å²) in [6.07, 6.45) is 3.59. The smallest absolute Gasteiger partial charge is 0.336 e. The molecule has 1 fully saturated rings. The average molecular weight is 630 g/mol. The maximum atomic E-state index is 13.7. The zero-order chi connectivity index (χ0) is 31.0. The Morgan fingerprint density at radius 1 is 1.19 bits per heavy atom. The standard InChI is InChI=1S/C32H36ClNO8S/c1-21-29(30(23-12-14-25(33)15-13-23)27(31(35)34-21)19-26-9-7-16-41-26)32(36)42-20-24-11-10-22(18-28(24)40-2)8-5-3-4-6-17-43(37,38)39/h10-15,18,26-27,30H,3-4,6-7,9,16-17,19-20H2,1-2H3,(H,34,35)(H,37,38,39)/t26-,27?,30-/m1/s1. The lowest BCUT2D eigenvalue weighted by atomic mass is 9.74. The zero-order valence-corrected chi connectivity index (χ0v) is 25.8. The van der Waals surface area contributed by atoms with Crippen molar-refractivity contribution in [3.63, 3.8) is 0 Å². The van der Waals surface area contributed by atoms with Crippen molar-refractivity contribution >= 4 is 33.6 Å². The number of allylic oxidation sites excluding steroid dienone is 1. The van der Waals surface area contributed by atoms with Gasteiger partial charge in [-0.3, -0.25) is 9.35 Å². The lowest BCUT2D eigenvalue weighted by Gasteiger charge is -2.35. The second-order valence-corrected chi connectivity index (χ2v) is 12.7. The van der Waals surface area contributed by atoms with Crippen LogP contribution in [-0.2, 0) is 35.8 Å². The third kappa shape index (κ3) is 9.07. The van der Waals surface area contributed by atoms with Gasteiger partial charge in [0.2, 0.25) is 5.91 Å². The summed E-state index contributed by atoms with van der Waals surface area (Å²) in [7, 11) is -2.44. The molecule has 2 aliphatic rings. The van der Waals surface area contributed by atoms with Crippen LogP contribution in [0.5, 0.6) is 5.75 Å². The molecule has 230 valence electrons. The minimum atomic E-state index is -3.96. The SMILES string of the molecule is COc1cc(C#CCCCCS(=O)(=O)O)ccc1COC(=O)C1=C(C)NC(=O)C(C[C@H]2CCCO2)[C@H]1c1ccc(Cl)cc1. The molecule has 2 aliphatic heterocycles. The minimum Gasteiger partial charge on any atom is -0.496 e. The van der Waals surface area contributed by atoms with Crippen LogP contribution in [0, 0.1) is 17.8 Å². The molecule has 0 aliphatic carbocycles. The van der Waals surface area contributed by atoms with Crippen LogP contribution < -0.4 is 10.1 Å². The first-order valence-corrected chi connectivity index (χ1v) is 16.2. The Balaban J connectivity index is 1.49. The van der Waals surface area contributed by atoms with E-state index in [9.17, 15) is 18.0 Å². The van der Waals surface area contributed by atoms with Crippen LogP contribution in [0.25, 0.3) is 0 Å². The summed E-state index contributed by atoms with van der Waals surface area (Å²) in [5, 5.41) is 3.45. The summed E-state index contributed by atoms with van der Waals surface area (Å²) < 4.78 is 47.6. The van der Waals surface area contributed by atoms with Gasteiger partial charge in [0.25, 0.3) is 10.1 Å². The van der Waals surface area contributed by atoms with Crippen molar-refractivity contribution in [2.24, 2.45) is 5.92 Å². The van der Waals surface area contributed by atoms with Gasteiger partial charge >= 0.3 is 5.97 Å². The van der Waals surface area contributed by atoms with E-state index >= 15 is 0 Å². The van der Waals surface area contributed by atoms with E-state index in [-0.39, 0.29) is 24.4 Å². The van der Waals surface area contributed by atoms with Crippen molar-refractivity contribution in [1.29, 1.82) is 0 Å². The molecule has 2 aromatic rings. The quantitative estimate of drug-likeness (QED) is 0.151. The highest BCUT2D eigenvalue weighted by Crippen LogP contribution is 2.41. The van der Waals surface area contributed by atoms with Crippen molar-refractivity contribution in [1.82, 2.24) is 5.32 Å². The van der Waals surface area contributed by atoms with Crippen molar-refractivity contribution in [2.75, 3.05) is 19.5 Å². The van der Waals surface area contributed by atoms with Crippen molar-refractivity contribution in [2.45, 2.75) is 64.1 Å². The number of benzene rings is 2. The molecule has 0 saturated carbocycles. The lowest BCUT2D eigenvalue weighted by molar-refractivity contribution is -0.141. The molecule has 0 radical (unpaired) electrons. The summed E-state index contributed by atoms with van der Waals surface area (Å²) in [6.45, 7) is 2.31. The van der Waals surface area contributed by atoms with Gasteiger partial charge in [-0.05, 0) is 68.9 Å². The van der Waals surface area contributed by atoms with E-state index < -0.39 is 27.9 Å². The highest BCUT2D eigenvalue weighted by molar-refractivity contribution is 7.85. The molecule has 11 heteroatoms. The van der Waals surface area contributed by atoms with Gasteiger partial charge in [-0.25, -0.2) is 4.79 Å². The van der Waals surface area contributed by atoms with Crippen LogP contribution >= 0.6 is 11.6 Å². The minimum absolute atomic E-state index is 0.0520. The summed E-state index contributed by atoms with van der Waals surface area (Å²) in [4.78, 5) is 26.9. The molecule has 2 aromatic carbocycles. The van der Waals surface area contributed by atoms with Crippen molar-refractivity contribution in [3.8, 4) is 17.6 Å². The van der Waals surface area contributed by atoms with Gasteiger partial charge in [-0.2, -0.15) is 8.42 Å². The molecule has 1 amide bonds. The number of unbranched alkanes of at least 4 members (excludes halogenated alkanes) is 2. The van der Waals surface area contributed by atoms with Gasteiger partial charge < -0.3 is 19.5 Å². The van der Waals surface area contributed by atoms with E-state index in [0.29, 0.717) is 65.5 Å². The summed E-state index contributed by atoms with van der Waals surface area (Å²) >= 11 is 6.15. The molecule has 0 aromatic heterocycles. The van der Waals surface area contributed by atoms with Crippen LogP contribution in [0.2, 0.25) is 5.02 Å². The lowest BCUT2D eigenvalue weighted by Crippen LogP contribution is -2.43. The molecule has 9 nitrogen and oxygen atoms in total. The van der Waals surface area contributed by atoms with Crippen LogP contribution in [-0.4, -0.2) is 50.4 Å². The first-order valence-electron chi connectivity index (χ1n) is 14.2. The van der Waals surface area contributed by atoms with E-state index in [1.165, 1.54) is 7.11 Å². The van der Waals surface area contributed by atoms with Crippen molar-refractivity contribution in [3.05, 3.63) is 75.4 Å². The van der Waals surface area contributed by atoms with Gasteiger partial charge in [-0.15, -0.1) is 0 Å². The Morgan fingerprint density at radius 3 is 2.63 bits per heavy atom. The van der Waals surface area contributed by atoms with Gasteiger partial charge in [0.15, 0.2) is 0 Å². The maximum Gasteiger partial charge on any atom is 0.336 e. The van der Waals surface area contributed by atoms with E-state index in [1.807, 2.05) is 12.1 Å². The Bertz CT molecular complexity index is 1520. The Kier molecular flexibility index (Phi) is 11.3. The van der Waals surface area contributed by atoms with Gasteiger partial charge in [0.05, 0.1) is 30.5 Å². The topological polar surface area (TPSA) is 128 Å². The Morgan fingerprint density at radius 2 is 1.95 bits per heavy atom. The molecule has 43 heavy (non-hydrogen) atoms. The number of hydrogen-bond donors (Lipinski definition) is 2. The first kappa shape index (κ1) is 32.6. The van der Waals surface area contributed by atoms with Gasteiger partial charge in [-0.1, -0.05) is 41.6 Å². The fraction of sp³-hybridized carbons (Fsp3) is 0.438. The second-order valence-electron chi connectivity index (χ2n) is 10.7. The molecule has 0 bridgehead atoms. The summed E-state index contributed by atoms with van der Waals surface area (Å²) in [5.41, 5.74) is 2.97. The zero-order valence-electron chi connectivity index (χ0n) is 24.2. The monoisotopic (exact) mass is 629 g/mol. The molecule has 1 unspecified atom stereocenters. The molecule has 0 spiro atoms. The molecule has 4 rings (SSSR count). The number of methoxy groups -OCH3 is 1. The molecule has 2 heterocycles. The largest absolute Gasteiger partial charge is 0.496 e. The number of carbonyl (C=O) groups is 2. The van der Waals surface area contributed by atoms with Crippen molar-refractivity contribution < 1.29 is 36.8 Å². The van der Waals surface area contributed by atoms with Crippen LogP contribution in [0.4, 0.5) is 0 Å². The average Bonchev–Trinajstić information content (AvgIpc) is 3.48. The number of carbonyl (C=O) groups excluding carboxylic acids is 2. The summed E-state index contributed by atoms with van der Waals surface area (Å²) in [6, 6.07) is 12.5. The van der Waals surface area contributed by atoms with Crippen LogP contribution in [0.15, 0.2) is 53.7 Å². The highest BCUT2D eigenvalue weighted by Gasteiger charge is 2.42. The van der Waals surface area contributed by atoms with Crippen LogP contribution in [0.3, 0.4) is 0 Å². The third-order valence-corrected chi connectivity index (χ3v) is 8.64. The Hall–Kier alpha value is -3.36. The van der Waals surface area contributed by atoms with Crippen LogP contribution in [0.1, 0.15) is 68.1 Å². The number of nitrogens with one attached hydrogen (secondary N) is 1. The van der Waals surface area contributed by atoms with E-state index in [2.05, 4.69) is 17.2 Å². The van der Waals surface area contributed by atoms with E-state index in [4.69, 9.17) is 30.4 Å². The fourth-order valence-corrected chi connectivity index (χ4v) is 6.16. The highest BCUT2D eigenvalue weighted by atomic mass is 35.5. The summed E-state index contributed by atoms with van der Waals surface area (Å²) in [5.74, 6) is 4.49. The predicted molar refractivity (Wildman–Crippen MR) is 162 cm³/mol. The molecule has 3 atom stereocenters. The molecule has 1 saturated heterocycles. The number of rotatable bonds is 11. The molecular formula is C32H36ClNO8S. The number of esters is 1. The number of halogens is 1.